The van der Waals surface area contributed by atoms with Crippen LogP contribution in [0.3, 0.4) is 0 Å². The SMILES string of the molecule is COCCOCCOc1ccc([C@@H](C)O)cc1. The first-order valence-electron chi connectivity index (χ1n) is 5.71. The van der Waals surface area contributed by atoms with Crippen molar-refractivity contribution in [2.45, 2.75) is 13.0 Å². The van der Waals surface area contributed by atoms with Crippen molar-refractivity contribution in [1.82, 2.24) is 0 Å². The van der Waals surface area contributed by atoms with Crippen LogP contribution in [-0.4, -0.2) is 38.6 Å². The maximum Gasteiger partial charge on any atom is 0.119 e. The predicted octanol–water partition coefficient (Wildman–Crippen LogP) is 1.78. The Morgan fingerprint density at radius 3 is 2.29 bits per heavy atom. The number of rotatable bonds is 8. The van der Waals surface area contributed by atoms with Gasteiger partial charge in [0.15, 0.2) is 0 Å². The Morgan fingerprint density at radius 2 is 1.71 bits per heavy atom. The van der Waals surface area contributed by atoms with Gasteiger partial charge in [0.25, 0.3) is 0 Å². The number of hydrogen-bond donors (Lipinski definition) is 1. The Morgan fingerprint density at radius 1 is 1.06 bits per heavy atom. The first kappa shape index (κ1) is 14.0. The van der Waals surface area contributed by atoms with Gasteiger partial charge in [-0.3, -0.25) is 0 Å². The maximum absolute atomic E-state index is 9.34. The molecule has 1 atom stereocenters. The molecule has 17 heavy (non-hydrogen) atoms. The third kappa shape index (κ3) is 5.68. The topological polar surface area (TPSA) is 47.9 Å². The molecule has 1 aromatic rings. The average Bonchev–Trinajstić information content (AvgIpc) is 2.34. The zero-order chi connectivity index (χ0) is 12.5. The van der Waals surface area contributed by atoms with Crippen LogP contribution in [-0.2, 0) is 9.47 Å². The Kier molecular flexibility index (Phi) is 6.62. The highest BCUT2D eigenvalue weighted by atomic mass is 16.5. The molecule has 0 aliphatic carbocycles. The number of benzene rings is 1. The van der Waals surface area contributed by atoms with Crippen molar-refractivity contribution >= 4 is 0 Å². The number of hydrogen-bond acceptors (Lipinski definition) is 4. The lowest BCUT2D eigenvalue weighted by atomic mass is 10.1. The van der Waals surface area contributed by atoms with E-state index in [1.807, 2.05) is 24.3 Å². The van der Waals surface area contributed by atoms with E-state index in [2.05, 4.69) is 0 Å². The summed E-state index contributed by atoms with van der Waals surface area (Å²) >= 11 is 0. The van der Waals surface area contributed by atoms with Crippen molar-refractivity contribution in [2.24, 2.45) is 0 Å². The van der Waals surface area contributed by atoms with Gasteiger partial charge in [-0.15, -0.1) is 0 Å². The van der Waals surface area contributed by atoms with Crippen LogP contribution < -0.4 is 4.74 Å². The molecule has 0 unspecified atom stereocenters. The molecule has 0 radical (unpaired) electrons. The Bertz CT molecular complexity index is 295. The van der Waals surface area contributed by atoms with Gasteiger partial charge >= 0.3 is 0 Å². The van der Waals surface area contributed by atoms with Gasteiger partial charge in [-0.05, 0) is 24.6 Å². The Hall–Kier alpha value is -1.10. The van der Waals surface area contributed by atoms with E-state index in [-0.39, 0.29) is 0 Å². The molecular formula is C13H20O4. The molecule has 96 valence electrons. The summed E-state index contributed by atoms with van der Waals surface area (Å²) in [6, 6.07) is 7.39. The summed E-state index contributed by atoms with van der Waals surface area (Å²) in [5.74, 6) is 0.782. The standard InChI is InChI=1S/C13H20O4/c1-11(14)12-3-5-13(6-4-12)17-10-9-16-8-7-15-2/h3-6,11,14H,7-10H2,1-2H3/t11-/m1/s1. The van der Waals surface area contributed by atoms with Gasteiger partial charge < -0.3 is 19.3 Å². The second kappa shape index (κ2) is 8.06. The van der Waals surface area contributed by atoms with Gasteiger partial charge in [0.05, 0.1) is 25.9 Å². The first-order chi connectivity index (χ1) is 8.24. The van der Waals surface area contributed by atoms with Crippen molar-refractivity contribution in [3.8, 4) is 5.75 Å². The number of aliphatic hydroxyl groups excluding tert-OH is 1. The summed E-state index contributed by atoms with van der Waals surface area (Å²) < 4.78 is 15.6. The van der Waals surface area contributed by atoms with E-state index in [0.717, 1.165) is 11.3 Å². The van der Waals surface area contributed by atoms with Gasteiger partial charge in [0.1, 0.15) is 12.4 Å². The van der Waals surface area contributed by atoms with Crippen molar-refractivity contribution < 1.29 is 19.3 Å². The van der Waals surface area contributed by atoms with E-state index >= 15 is 0 Å². The molecule has 1 N–H and O–H groups in total. The molecule has 0 aromatic heterocycles. The minimum absolute atomic E-state index is 0.443. The number of methoxy groups -OCH3 is 1. The summed E-state index contributed by atoms with van der Waals surface area (Å²) in [5.41, 5.74) is 0.883. The van der Waals surface area contributed by atoms with Crippen molar-refractivity contribution in [3.63, 3.8) is 0 Å². The highest BCUT2D eigenvalue weighted by Gasteiger charge is 2.00. The summed E-state index contributed by atoms with van der Waals surface area (Å²) in [5, 5.41) is 9.34. The van der Waals surface area contributed by atoms with Gasteiger partial charge in [-0.1, -0.05) is 12.1 Å². The minimum Gasteiger partial charge on any atom is -0.491 e. The molecule has 0 saturated heterocycles. The monoisotopic (exact) mass is 240 g/mol. The molecular weight excluding hydrogens is 220 g/mol. The van der Waals surface area contributed by atoms with E-state index in [1.54, 1.807) is 14.0 Å². The van der Waals surface area contributed by atoms with Crippen molar-refractivity contribution in [3.05, 3.63) is 29.8 Å². The zero-order valence-electron chi connectivity index (χ0n) is 10.4. The number of ether oxygens (including phenoxy) is 3. The van der Waals surface area contributed by atoms with Crippen LogP contribution in [0.2, 0.25) is 0 Å². The highest BCUT2D eigenvalue weighted by molar-refractivity contribution is 5.28. The lowest BCUT2D eigenvalue weighted by Crippen LogP contribution is -2.10. The fraction of sp³-hybridized carbons (Fsp3) is 0.538. The van der Waals surface area contributed by atoms with E-state index < -0.39 is 6.10 Å². The van der Waals surface area contributed by atoms with Crippen molar-refractivity contribution in [1.29, 1.82) is 0 Å². The lowest BCUT2D eigenvalue weighted by molar-refractivity contribution is 0.0544. The molecule has 1 rings (SSSR count). The van der Waals surface area contributed by atoms with E-state index in [1.165, 1.54) is 0 Å². The predicted molar refractivity (Wildman–Crippen MR) is 65.3 cm³/mol. The summed E-state index contributed by atoms with van der Waals surface area (Å²) in [7, 11) is 1.64. The molecule has 4 nitrogen and oxygen atoms in total. The quantitative estimate of drug-likeness (QED) is 0.704. The molecule has 0 fully saturated rings. The molecule has 0 amide bonds. The summed E-state index contributed by atoms with van der Waals surface area (Å²) in [4.78, 5) is 0. The third-order valence-electron chi connectivity index (χ3n) is 2.29. The van der Waals surface area contributed by atoms with E-state index in [4.69, 9.17) is 14.2 Å². The van der Waals surface area contributed by atoms with Crippen LogP contribution in [0.5, 0.6) is 5.75 Å². The molecule has 0 aliphatic heterocycles. The fourth-order valence-electron chi connectivity index (χ4n) is 1.31. The summed E-state index contributed by atoms with van der Waals surface area (Å²) in [6.45, 7) is 3.97. The van der Waals surface area contributed by atoms with Gasteiger partial charge in [0, 0.05) is 7.11 Å². The average molecular weight is 240 g/mol. The second-order valence-corrected chi connectivity index (χ2v) is 3.70. The third-order valence-corrected chi connectivity index (χ3v) is 2.29. The lowest BCUT2D eigenvalue weighted by Gasteiger charge is -2.08. The first-order valence-corrected chi connectivity index (χ1v) is 5.71. The van der Waals surface area contributed by atoms with Gasteiger partial charge in [-0.25, -0.2) is 0 Å². The van der Waals surface area contributed by atoms with Gasteiger partial charge in [0.2, 0.25) is 0 Å². The molecule has 0 heterocycles. The van der Waals surface area contributed by atoms with Crippen LogP contribution in [0.4, 0.5) is 0 Å². The maximum atomic E-state index is 9.34. The normalized spacial score (nSPS) is 12.4. The minimum atomic E-state index is -0.443. The largest absolute Gasteiger partial charge is 0.491 e. The van der Waals surface area contributed by atoms with Crippen LogP contribution in [0.1, 0.15) is 18.6 Å². The van der Waals surface area contributed by atoms with E-state index in [9.17, 15) is 5.11 Å². The smallest absolute Gasteiger partial charge is 0.119 e. The second-order valence-electron chi connectivity index (χ2n) is 3.70. The van der Waals surface area contributed by atoms with Crippen molar-refractivity contribution in [2.75, 3.05) is 33.5 Å². The van der Waals surface area contributed by atoms with Crippen LogP contribution in [0.15, 0.2) is 24.3 Å². The van der Waals surface area contributed by atoms with E-state index in [0.29, 0.717) is 26.4 Å². The molecule has 0 spiro atoms. The highest BCUT2D eigenvalue weighted by Crippen LogP contribution is 2.16. The molecule has 0 saturated carbocycles. The Balaban J connectivity index is 2.19. The zero-order valence-corrected chi connectivity index (χ0v) is 10.4. The van der Waals surface area contributed by atoms with Gasteiger partial charge in [-0.2, -0.15) is 0 Å². The molecule has 0 bridgehead atoms. The number of aliphatic hydroxyl groups is 1. The van der Waals surface area contributed by atoms with Crippen LogP contribution >= 0.6 is 0 Å². The molecule has 4 heteroatoms. The van der Waals surface area contributed by atoms with Crippen LogP contribution in [0.25, 0.3) is 0 Å². The van der Waals surface area contributed by atoms with Crippen LogP contribution in [0, 0.1) is 0 Å². The summed E-state index contributed by atoms with van der Waals surface area (Å²) in [6.07, 6.45) is -0.443. The Labute approximate surface area is 102 Å². The fourth-order valence-corrected chi connectivity index (χ4v) is 1.31. The molecule has 0 aliphatic rings. The molecule has 1 aromatic carbocycles.